The number of rotatable bonds is 6. The maximum Gasteiger partial charge on any atom is 0.279 e. The predicted octanol–water partition coefficient (Wildman–Crippen LogP) is 3.66. The Kier molecular flexibility index (Phi) is 7.63. The molecule has 0 unspecified atom stereocenters. The van der Waals surface area contributed by atoms with Crippen molar-refractivity contribution in [3.05, 3.63) is 53.3 Å². The predicted molar refractivity (Wildman–Crippen MR) is 107 cm³/mol. The highest BCUT2D eigenvalue weighted by atomic mass is 35.5. The lowest BCUT2D eigenvalue weighted by atomic mass is 10.3. The van der Waals surface area contributed by atoms with E-state index in [0.29, 0.717) is 18.0 Å². The zero-order valence-electron chi connectivity index (χ0n) is 14.7. The topological polar surface area (TPSA) is 71.6 Å². The number of benzene rings is 2. The van der Waals surface area contributed by atoms with Gasteiger partial charge in [-0.3, -0.25) is 15.6 Å². The molecule has 1 atom stereocenters. The van der Waals surface area contributed by atoms with Crippen LogP contribution in [0.3, 0.4) is 0 Å². The minimum absolute atomic E-state index is 0.0378. The van der Waals surface area contributed by atoms with Crippen molar-refractivity contribution in [2.45, 2.75) is 20.0 Å². The monoisotopic (exact) mass is 411 g/mol. The average molecular weight is 412 g/mol. The minimum Gasteiger partial charge on any atom is -0.494 e. The Hall–Kier alpha value is -2.58. The van der Waals surface area contributed by atoms with E-state index < -0.39 is 17.8 Å². The second-order valence-corrected chi connectivity index (χ2v) is 6.18. The summed E-state index contributed by atoms with van der Waals surface area (Å²) in [6, 6.07) is 11.0. The highest BCUT2D eigenvalue weighted by molar-refractivity contribution is 7.80. The van der Waals surface area contributed by atoms with Gasteiger partial charge in [-0.15, -0.1) is 0 Å². The molecule has 9 heteroatoms. The number of thiocarbonyl (C=S) groups is 1. The molecule has 0 bridgehead atoms. The standard InChI is InChI=1S/C18H19ClFN3O3S/c1-3-25-13-5-7-14(8-6-13)26-11(2)17(24)22-23-18(27)21-12-4-9-16(20)15(19)10-12/h4-11H,3H2,1-2H3,(H,22,24)(H2,21,23,27)/t11-/m1/s1. The van der Waals surface area contributed by atoms with Crippen LogP contribution in [0.5, 0.6) is 11.5 Å². The fourth-order valence-electron chi connectivity index (χ4n) is 1.99. The third-order valence-electron chi connectivity index (χ3n) is 3.29. The molecule has 2 aromatic rings. The van der Waals surface area contributed by atoms with Crippen LogP contribution in [0.4, 0.5) is 10.1 Å². The SMILES string of the molecule is CCOc1ccc(O[C@H](C)C(=O)NNC(=S)Nc2ccc(F)c(Cl)c2)cc1. The van der Waals surface area contributed by atoms with Crippen molar-refractivity contribution in [3.8, 4) is 11.5 Å². The van der Waals surface area contributed by atoms with E-state index in [2.05, 4.69) is 16.2 Å². The van der Waals surface area contributed by atoms with Crippen LogP contribution in [0.2, 0.25) is 5.02 Å². The number of hydrogen-bond donors (Lipinski definition) is 3. The van der Waals surface area contributed by atoms with E-state index in [1.165, 1.54) is 18.2 Å². The molecule has 0 radical (unpaired) electrons. The van der Waals surface area contributed by atoms with E-state index in [9.17, 15) is 9.18 Å². The number of ether oxygens (including phenoxy) is 2. The van der Waals surface area contributed by atoms with Gasteiger partial charge in [0.15, 0.2) is 11.2 Å². The van der Waals surface area contributed by atoms with Gasteiger partial charge in [0.2, 0.25) is 0 Å². The molecular weight excluding hydrogens is 393 g/mol. The second-order valence-electron chi connectivity index (χ2n) is 5.36. The van der Waals surface area contributed by atoms with Gasteiger partial charge in [0.25, 0.3) is 5.91 Å². The van der Waals surface area contributed by atoms with Crippen molar-refractivity contribution >= 4 is 40.5 Å². The summed E-state index contributed by atoms with van der Waals surface area (Å²) < 4.78 is 24.0. The van der Waals surface area contributed by atoms with Gasteiger partial charge in [0.05, 0.1) is 11.6 Å². The molecule has 0 aliphatic carbocycles. The largest absolute Gasteiger partial charge is 0.494 e. The number of carbonyl (C=O) groups excluding carboxylic acids is 1. The molecule has 3 N–H and O–H groups in total. The molecule has 0 heterocycles. The number of nitrogens with one attached hydrogen (secondary N) is 3. The first kappa shape index (κ1) is 20.7. The van der Waals surface area contributed by atoms with Crippen LogP contribution in [0.25, 0.3) is 0 Å². The van der Waals surface area contributed by atoms with Crippen LogP contribution in [0.15, 0.2) is 42.5 Å². The molecule has 1 amide bonds. The van der Waals surface area contributed by atoms with E-state index in [0.717, 1.165) is 5.75 Å². The Morgan fingerprint density at radius 3 is 2.48 bits per heavy atom. The summed E-state index contributed by atoms with van der Waals surface area (Å²) in [5.74, 6) is 0.295. The van der Waals surface area contributed by atoms with Gasteiger partial charge >= 0.3 is 0 Å². The Balaban J connectivity index is 1.79. The third kappa shape index (κ3) is 6.58. The van der Waals surface area contributed by atoms with Gasteiger partial charge < -0.3 is 14.8 Å². The number of amides is 1. The van der Waals surface area contributed by atoms with E-state index in [4.69, 9.17) is 33.3 Å². The van der Waals surface area contributed by atoms with Crippen molar-refractivity contribution in [2.75, 3.05) is 11.9 Å². The summed E-state index contributed by atoms with van der Waals surface area (Å²) in [6.45, 7) is 4.07. The molecule has 2 aromatic carbocycles. The highest BCUT2D eigenvalue weighted by Gasteiger charge is 2.15. The summed E-state index contributed by atoms with van der Waals surface area (Å²) in [7, 11) is 0. The van der Waals surface area contributed by atoms with Crippen molar-refractivity contribution in [1.29, 1.82) is 0 Å². The molecule has 2 rings (SSSR count). The van der Waals surface area contributed by atoms with E-state index in [1.54, 1.807) is 31.2 Å². The summed E-state index contributed by atoms with van der Waals surface area (Å²) in [5.41, 5.74) is 5.45. The Labute approximate surface area is 167 Å². The summed E-state index contributed by atoms with van der Waals surface area (Å²) in [4.78, 5) is 12.1. The molecule has 0 spiro atoms. The molecule has 0 aliphatic rings. The average Bonchev–Trinajstić information content (AvgIpc) is 2.64. The normalized spacial score (nSPS) is 11.3. The second kappa shape index (κ2) is 9.94. The molecule has 0 aliphatic heterocycles. The number of hydrazine groups is 1. The zero-order chi connectivity index (χ0) is 19.8. The van der Waals surface area contributed by atoms with Gasteiger partial charge in [-0.1, -0.05) is 11.6 Å². The van der Waals surface area contributed by atoms with Crippen LogP contribution >= 0.6 is 23.8 Å². The van der Waals surface area contributed by atoms with Gasteiger partial charge in [-0.2, -0.15) is 0 Å². The first-order valence-electron chi connectivity index (χ1n) is 8.10. The lowest BCUT2D eigenvalue weighted by Gasteiger charge is -2.17. The van der Waals surface area contributed by atoms with Crippen LogP contribution < -0.4 is 25.6 Å². The smallest absolute Gasteiger partial charge is 0.279 e. The Morgan fingerprint density at radius 2 is 1.85 bits per heavy atom. The van der Waals surface area contributed by atoms with Gasteiger partial charge in [0.1, 0.15) is 17.3 Å². The summed E-state index contributed by atoms with van der Waals surface area (Å²) in [6.07, 6.45) is -0.765. The van der Waals surface area contributed by atoms with E-state index >= 15 is 0 Å². The van der Waals surface area contributed by atoms with Crippen LogP contribution in [0, 0.1) is 5.82 Å². The van der Waals surface area contributed by atoms with Crippen molar-refractivity contribution in [1.82, 2.24) is 10.9 Å². The van der Waals surface area contributed by atoms with E-state index in [-0.39, 0.29) is 10.1 Å². The van der Waals surface area contributed by atoms with Crippen LogP contribution in [-0.2, 0) is 4.79 Å². The first-order chi connectivity index (χ1) is 12.9. The molecule has 144 valence electrons. The molecule has 0 fully saturated rings. The third-order valence-corrected chi connectivity index (χ3v) is 3.79. The maximum atomic E-state index is 13.1. The molecular formula is C18H19ClFN3O3S. The maximum absolute atomic E-state index is 13.1. The fraction of sp³-hybridized carbons (Fsp3) is 0.222. The van der Waals surface area contributed by atoms with E-state index in [1.807, 2.05) is 6.92 Å². The van der Waals surface area contributed by atoms with Gasteiger partial charge in [-0.25, -0.2) is 4.39 Å². The lowest BCUT2D eigenvalue weighted by molar-refractivity contribution is -0.127. The molecule has 0 saturated carbocycles. The zero-order valence-corrected chi connectivity index (χ0v) is 16.3. The minimum atomic E-state index is -0.765. The molecule has 0 aromatic heterocycles. The van der Waals surface area contributed by atoms with Crippen LogP contribution in [-0.4, -0.2) is 23.7 Å². The quantitative estimate of drug-likeness (QED) is 0.497. The fourth-order valence-corrected chi connectivity index (χ4v) is 2.34. The van der Waals surface area contributed by atoms with Crippen molar-refractivity contribution in [2.24, 2.45) is 0 Å². The summed E-state index contributed by atoms with van der Waals surface area (Å²) >= 11 is 10.8. The number of halogens is 2. The number of carbonyl (C=O) groups is 1. The van der Waals surface area contributed by atoms with Crippen molar-refractivity contribution in [3.63, 3.8) is 0 Å². The lowest BCUT2D eigenvalue weighted by Crippen LogP contribution is -2.48. The Bertz CT molecular complexity index is 805. The molecule has 6 nitrogen and oxygen atoms in total. The molecule has 0 saturated heterocycles. The number of anilines is 1. The Morgan fingerprint density at radius 1 is 1.19 bits per heavy atom. The molecule has 27 heavy (non-hydrogen) atoms. The first-order valence-corrected chi connectivity index (χ1v) is 8.89. The number of hydrogen-bond acceptors (Lipinski definition) is 4. The van der Waals surface area contributed by atoms with Gasteiger partial charge in [0, 0.05) is 5.69 Å². The summed E-state index contributed by atoms with van der Waals surface area (Å²) in [5, 5.41) is 2.84. The van der Waals surface area contributed by atoms with Crippen LogP contribution in [0.1, 0.15) is 13.8 Å². The highest BCUT2D eigenvalue weighted by Crippen LogP contribution is 2.19. The van der Waals surface area contributed by atoms with Crippen molar-refractivity contribution < 1.29 is 18.7 Å². The van der Waals surface area contributed by atoms with Gasteiger partial charge in [-0.05, 0) is 68.5 Å².